The van der Waals surface area contributed by atoms with E-state index in [1.807, 2.05) is 11.0 Å². The highest BCUT2D eigenvalue weighted by atomic mass is 19.1. The summed E-state index contributed by atoms with van der Waals surface area (Å²) in [6, 6.07) is 6.69. The van der Waals surface area contributed by atoms with Crippen molar-refractivity contribution in [2.75, 3.05) is 19.7 Å². The zero-order valence-electron chi connectivity index (χ0n) is 13.0. The Morgan fingerprint density at radius 1 is 1.14 bits per heavy atom. The maximum atomic E-state index is 13.9. The van der Waals surface area contributed by atoms with Crippen molar-refractivity contribution >= 4 is 5.91 Å². The van der Waals surface area contributed by atoms with Crippen LogP contribution in [0, 0.1) is 11.7 Å². The number of carbonyl (C=O) groups is 1. The third-order valence-electron chi connectivity index (χ3n) is 4.83. The Kier molecular flexibility index (Phi) is 5.08. The van der Waals surface area contributed by atoms with Gasteiger partial charge in [-0.05, 0) is 18.9 Å². The van der Waals surface area contributed by atoms with Crippen LogP contribution in [0.4, 0.5) is 4.39 Å². The Morgan fingerprint density at radius 3 is 2.59 bits per heavy atom. The molecule has 1 aromatic carbocycles. The third kappa shape index (κ3) is 3.49. The number of ether oxygens (including phenoxy) is 1. The Balaban J connectivity index is 1.67. The lowest BCUT2D eigenvalue weighted by Gasteiger charge is -2.35. The van der Waals surface area contributed by atoms with Crippen LogP contribution in [0.1, 0.15) is 50.2 Å². The van der Waals surface area contributed by atoms with Crippen LogP contribution >= 0.6 is 0 Å². The van der Waals surface area contributed by atoms with Gasteiger partial charge in [0, 0.05) is 18.0 Å². The number of amides is 1. The van der Waals surface area contributed by atoms with Crippen LogP contribution in [0.5, 0.6) is 0 Å². The number of nitrogens with zero attached hydrogens (tertiary/aromatic N) is 1. The molecule has 22 heavy (non-hydrogen) atoms. The van der Waals surface area contributed by atoms with Gasteiger partial charge in [0.25, 0.3) is 0 Å². The van der Waals surface area contributed by atoms with Crippen LogP contribution in [0.2, 0.25) is 0 Å². The van der Waals surface area contributed by atoms with Crippen LogP contribution in [0.25, 0.3) is 0 Å². The first-order valence-electron chi connectivity index (χ1n) is 8.40. The second kappa shape index (κ2) is 7.23. The van der Waals surface area contributed by atoms with Crippen molar-refractivity contribution < 1.29 is 13.9 Å². The van der Waals surface area contributed by atoms with Crippen LogP contribution in [-0.4, -0.2) is 30.5 Å². The molecule has 0 bridgehead atoms. The topological polar surface area (TPSA) is 29.5 Å². The van der Waals surface area contributed by atoms with E-state index in [2.05, 4.69) is 0 Å². The Bertz CT molecular complexity index is 512. The van der Waals surface area contributed by atoms with Gasteiger partial charge in [-0.2, -0.15) is 0 Å². The minimum absolute atomic E-state index is 0.155. The Hall–Kier alpha value is -1.42. The number of halogens is 1. The van der Waals surface area contributed by atoms with E-state index >= 15 is 0 Å². The number of carbonyl (C=O) groups excluding carboxylic acids is 1. The maximum Gasteiger partial charge on any atom is 0.225 e. The van der Waals surface area contributed by atoms with Crippen LogP contribution in [-0.2, 0) is 9.53 Å². The van der Waals surface area contributed by atoms with E-state index in [4.69, 9.17) is 4.74 Å². The van der Waals surface area contributed by atoms with Crippen molar-refractivity contribution in [1.29, 1.82) is 0 Å². The molecule has 0 radical (unpaired) electrons. The highest BCUT2D eigenvalue weighted by Crippen LogP contribution is 2.28. The molecule has 1 atom stereocenters. The average Bonchev–Trinajstić information content (AvgIpc) is 2.84. The van der Waals surface area contributed by atoms with Crippen LogP contribution < -0.4 is 0 Å². The molecule has 1 saturated carbocycles. The summed E-state index contributed by atoms with van der Waals surface area (Å²) >= 11 is 0. The molecule has 1 aliphatic heterocycles. The van der Waals surface area contributed by atoms with E-state index < -0.39 is 0 Å². The predicted molar refractivity (Wildman–Crippen MR) is 82.9 cm³/mol. The summed E-state index contributed by atoms with van der Waals surface area (Å²) in [6.07, 6.45) is 6.44. The van der Waals surface area contributed by atoms with Crippen molar-refractivity contribution in [3.05, 3.63) is 35.6 Å². The second-order valence-corrected chi connectivity index (χ2v) is 6.35. The molecule has 1 unspecified atom stereocenters. The first-order chi connectivity index (χ1) is 10.8. The lowest BCUT2D eigenvalue weighted by atomic mass is 9.97. The molecular weight excluding hydrogens is 281 g/mol. The molecule has 2 fully saturated rings. The quantitative estimate of drug-likeness (QED) is 0.780. The number of rotatable bonds is 2. The molecule has 3 nitrogen and oxygen atoms in total. The number of hydrogen-bond donors (Lipinski definition) is 0. The fourth-order valence-electron chi connectivity index (χ4n) is 3.56. The maximum absolute atomic E-state index is 13.9. The molecular formula is C18H24FNO2. The van der Waals surface area contributed by atoms with Crippen molar-refractivity contribution in [2.24, 2.45) is 5.92 Å². The zero-order chi connectivity index (χ0) is 15.4. The lowest BCUT2D eigenvalue weighted by molar-refractivity contribution is -0.143. The van der Waals surface area contributed by atoms with Crippen molar-refractivity contribution in [3.63, 3.8) is 0 Å². The van der Waals surface area contributed by atoms with Gasteiger partial charge in [-0.25, -0.2) is 4.39 Å². The molecule has 1 amide bonds. The van der Waals surface area contributed by atoms with Crippen molar-refractivity contribution in [2.45, 2.75) is 44.6 Å². The number of morpholine rings is 1. The van der Waals surface area contributed by atoms with Crippen LogP contribution in [0.15, 0.2) is 24.3 Å². The molecule has 0 aromatic heterocycles. The fraction of sp³-hybridized carbons (Fsp3) is 0.611. The number of benzene rings is 1. The Morgan fingerprint density at radius 2 is 1.86 bits per heavy atom. The summed E-state index contributed by atoms with van der Waals surface area (Å²) < 4.78 is 19.6. The third-order valence-corrected chi connectivity index (χ3v) is 4.83. The predicted octanol–water partition coefficient (Wildman–Crippen LogP) is 3.70. The average molecular weight is 305 g/mol. The van der Waals surface area contributed by atoms with Gasteiger partial charge in [0.1, 0.15) is 11.9 Å². The lowest BCUT2D eigenvalue weighted by Crippen LogP contribution is -2.45. The van der Waals surface area contributed by atoms with E-state index in [1.165, 1.54) is 18.9 Å². The smallest absolute Gasteiger partial charge is 0.225 e. The Labute approximate surface area is 131 Å². The molecule has 4 heteroatoms. The van der Waals surface area contributed by atoms with Crippen molar-refractivity contribution in [3.8, 4) is 0 Å². The fourth-order valence-corrected chi connectivity index (χ4v) is 3.56. The summed E-state index contributed by atoms with van der Waals surface area (Å²) in [4.78, 5) is 14.6. The minimum Gasteiger partial charge on any atom is -0.370 e. The standard InChI is InChI=1S/C18H24FNO2/c19-16-10-6-5-9-15(16)17-13-20(11-12-22-17)18(21)14-7-3-1-2-4-8-14/h5-6,9-10,14,17H,1-4,7-8,11-13H2. The molecule has 2 aliphatic rings. The van der Waals surface area contributed by atoms with Gasteiger partial charge >= 0.3 is 0 Å². The SMILES string of the molecule is O=C(C1CCCCCC1)N1CCOC(c2ccccc2F)C1. The summed E-state index contributed by atoms with van der Waals surface area (Å²) in [6.45, 7) is 1.58. The monoisotopic (exact) mass is 305 g/mol. The van der Waals surface area contributed by atoms with E-state index in [0.29, 0.717) is 25.3 Å². The summed E-state index contributed by atoms with van der Waals surface area (Å²) in [5.41, 5.74) is 0.556. The van der Waals surface area contributed by atoms with Gasteiger partial charge < -0.3 is 9.64 Å². The summed E-state index contributed by atoms with van der Waals surface area (Å²) in [5, 5.41) is 0. The van der Waals surface area contributed by atoms with Gasteiger partial charge in [-0.1, -0.05) is 43.9 Å². The van der Waals surface area contributed by atoms with Gasteiger partial charge in [0.05, 0.1) is 13.2 Å². The number of hydrogen-bond acceptors (Lipinski definition) is 2. The second-order valence-electron chi connectivity index (χ2n) is 6.35. The highest BCUT2D eigenvalue weighted by Gasteiger charge is 2.31. The molecule has 1 aliphatic carbocycles. The summed E-state index contributed by atoms with van der Waals surface area (Å²) in [7, 11) is 0. The largest absolute Gasteiger partial charge is 0.370 e. The van der Waals surface area contributed by atoms with Crippen molar-refractivity contribution in [1.82, 2.24) is 4.90 Å². The molecule has 1 saturated heterocycles. The normalized spacial score (nSPS) is 24.0. The van der Waals surface area contributed by atoms with Gasteiger partial charge in [0.2, 0.25) is 5.91 Å². The molecule has 3 rings (SSSR count). The summed E-state index contributed by atoms with van der Waals surface area (Å²) in [5.74, 6) is 0.143. The molecule has 0 spiro atoms. The molecule has 120 valence electrons. The van der Waals surface area contributed by atoms with Crippen LogP contribution in [0.3, 0.4) is 0 Å². The van der Waals surface area contributed by atoms with E-state index in [-0.39, 0.29) is 23.7 Å². The minimum atomic E-state index is -0.343. The first-order valence-corrected chi connectivity index (χ1v) is 8.40. The zero-order valence-corrected chi connectivity index (χ0v) is 13.0. The molecule has 1 heterocycles. The molecule has 1 aromatic rings. The highest BCUT2D eigenvalue weighted by molar-refractivity contribution is 5.79. The van der Waals surface area contributed by atoms with E-state index in [9.17, 15) is 9.18 Å². The van der Waals surface area contributed by atoms with E-state index in [1.54, 1.807) is 12.1 Å². The van der Waals surface area contributed by atoms with Gasteiger partial charge in [-0.15, -0.1) is 0 Å². The van der Waals surface area contributed by atoms with Gasteiger partial charge in [-0.3, -0.25) is 4.79 Å². The first kappa shape index (κ1) is 15.5. The molecule has 0 N–H and O–H groups in total. The van der Waals surface area contributed by atoms with E-state index in [0.717, 1.165) is 25.7 Å². The van der Waals surface area contributed by atoms with Gasteiger partial charge in [0.15, 0.2) is 0 Å².